The monoisotopic (exact) mass is 310 g/mol. The SMILES string of the molecule is C/C(=N/N1CCOCC1)c1cccc(OCc2ccccc2)c1. The molecule has 1 heterocycles. The number of rotatable bonds is 5. The standard InChI is InChI=1S/C19H22N2O2/c1-16(20-21-10-12-22-13-11-21)18-8-5-9-19(14-18)23-15-17-6-3-2-4-7-17/h2-9,14H,10-13,15H2,1H3/b20-16-. The molecule has 2 aromatic carbocycles. The summed E-state index contributed by atoms with van der Waals surface area (Å²) in [6.45, 7) is 5.80. The van der Waals surface area contributed by atoms with E-state index in [4.69, 9.17) is 9.47 Å². The number of hydrazone groups is 1. The van der Waals surface area contributed by atoms with Crippen molar-refractivity contribution >= 4 is 5.71 Å². The first-order valence-electron chi connectivity index (χ1n) is 7.96. The van der Waals surface area contributed by atoms with E-state index in [9.17, 15) is 0 Å². The van der Waals surface area contributed by atoms with Crippen molar-refractivity contribution in [1.29, 1.82) is 0 Å². The van der Waals surface area contributed by atoms with Crippen LogP contribution in [0.15, 0.2) is 59.7 Å². The lowest BCUT2D eigenvalue weighted by Crippen LogP contribution is -2.33. The van der Waals surface area contributed by atoms with E-state index >= 15 is 0 Å². The van der Waals surface area contributed by atoms with Gasteiger partial charge in [0.2, 0.25) is 0 Å². The molecule has 0 atom stereocenters. The van der Waals surface area contributed by atoms with Gasteiger partial charge in [-0.2, -0.15) is 5.10 Å². The van der Waals surface area contributed by atoms with Crippen LogP contribution in [0.2, 0.25) is 0 Å². The molecule has 120 valence electrons. The van der Waals surface area contributed by atoms with Gasteiger partial charge in [0.05, 0.1) is 32.0 Å². The molecule has 4 nitrogen and oxygen atoms in total. The normalized spacial score (nSPS) is 15.5. The molecule has 1 fully saturated rings. The molecule has 0 aliphatic carbocycles. The van der Waals surface area contributed by atoms with E-state index < -0.39 is 0 Å². The molecule has 0 amide bonds. The molecular weight excluding hydrogens is 288 g/mol. The van der Waals surface area contributed by atoms with Gasteiger partial charge in [0.25, 0.3) is 0 Å². The molecule has 0 N–H and O–H groups in total. The van der Waals surface area contributed by atoms with Crippen molar-refractivity contribution in [2.24, 2.45) is 5.10 Å². The number of hydrogen-bond acceptors (Lipinski definition) is 4. The van der Waals surface area contributed by atoms with Crippen LogP contribution in [0.25, 0.3) is 0 Å². The summed E-state index contributed by atoms with van der Waals surface area (Å²) >= 11 is 0. The van der Waals surface area contributed by atoms with Crippen molar-refractivity contribution in [2.75, 3.05) is 26.3 Å². The van der Waals surface area contributed by atoms with Gasteiger partial charge in [-0.3, -0.25) is 5.01 Å². The van der Waals surface area contributed by atoms with Crippen LogP contribution in [-0.4, -0.2) is 37.0 Å². The predicted molar refractivity (Wildman–Crippen MR) is 91.8 cm³/mol. The van der Waals surface area contributed by atoms with Gasteiger partial charge in [0.1, 0.15) is 12.4 Å². The van der Waals surface area contributed by atoms with Gasteiger partial charge in [-0.25, -0.2) is 0 Å². The van der Waals surface area contributed by atoms with Gasteiger partial charge < -0.3 is 9.47 Å². The Balaban J connectivity index is 1.65. The van der Waals surface area contributed by atoms with Gasteiger partial charge in [-0.05, 0) is 24.6 Å². The second-order valence-electron chi connectivity index (χ2n) is 5.55. The van der Waals surface area contributed by atoms with E-state index in [1.54, 1.807) is 0 Å². The van der Waals surface area contributed by atoms with Crippen LogP contribution in [0.3, 0.4) is 0 Å². The molecule has 1 saturated heterocycles. The molecule has 23 heavy (non-hydrogen) atoms. The highest BCUT2D eigenvalue weighted by atomic mass is 16.5. The Morgan fingerprint density at radius 3 is 2.65 bits per heavy atom. The molecule has 1 aliphatic heterocycles. The maximum atomic E-state index is 5.88. The molecule has 1 aliphatic rings. The number of hydrogen-bond donors (Lipinski definition) is 0. The highest BCUT2D eigenvalue weighted by Crippen LogP contribution is 2.16. The number of benzene rings is 2. The molecular formula is C19H22N2O2. The largest absolute Gasteiger partial charge is 0.489 e. The van der Waals surface area contributed by atoms with Crippen molar-refractivity contribution in [3.05, 3.63) is 65.7 Å². The lowest BCUT2D eigenvalue weighted by atomic mass is 10.1. The van der Waals surface area contributed by atoms with Gasteiger partial charge in [0.15, 0.2) is 0 Å². The van der Waals surface area contributed by atoms with E-state index in [0.717, 1.165) is 48.9 Å². The van der Waals surface area contributed by atoms with Crippen molar-refractivity contribution in [3.63, 3.8) is 0 Å². The molecule has 0 bridgehead atoms. The first-order valence-corrected chi connectivity index (χ1v) is 7.96. The average molecular weight is 310 g/mol. The van der Waals surface area contributed by atoms with Crippen LogP contribution in [-0.2, 0) is 11.3 Å². The highest BCUT2D eigenvalue weighted by molar-refractivity contribution is 5.98. The Labute approximate surface area is 137 Å². The summed E-state index contributed by atoms with van der Waals surface area (Å²) in [4.78, 5) is 0. The third kappa shape index (κ3) is 4.57. The van der Waals surface area contributed by atoms with E-state index in [1.807, 2.05) is 43.3 Å². The van der Waals surface area contributed by atoms with Crippen molar-refractivity contribution in [2.45, 2.75) is 13.5 Å². The fraction of sp³-hybridized carbons (Fsp3) is 0.316. The number of ether oxygens (including phenoxy) is 2. The zero-order valence-corrected chi connectivity index (χ0v) is 13.4. The fourth-order valence-electron chi connectivity index (χ4n) is 2.48. The van der Waals surface area contributed by atoms with E-state index in [0.29, 0.717) is 6.61 Å². The van der Waals surface area contributed by atoms with Gasteiger partial charge >= 0.3 is 0 Å². The smallest absolute Gasteiger partial charge is 0.120 e. The van der Waals surface area contributed by atoms with E-state index in [1.165, 1.54) is 0 Å². The van der Waals surface area contributed by atoms with Crippen LogP contribution < -0.4 is 4.74 Å². The predicted octanol–water partition coefficient (Wildman–Crippen LogP) is 3.32. The Morgan fingerprint density at radius 2 is 1.87 bits per heavy atom. The summed E-state index contributed by atoms with van der Waals surface area (Å²) in [7, 11) is 0. The zero-order valence-electron chi connectivity index (χ0n) is 13.4. The minimum atomic E-state index is 0.573. The summed E-state index contributed by atoms with van der Waals surface area (Å²) in [5, 5.41) is 6.75. The van der Waals surface area contributed by atoms with Crippen LogP contribution >= 0.6 is 0 Å². The maximum Gasteiger partial charge on any atom is 0.120 e. The molecule has 0 spiro atoms. The lowest BCUT2D eigenvalue weighted by Gasteiger charge is -2.24. The van der Waals surface area contributed by atoms with Crippen LogP contribution in [0.5, 0.6) is 5.75 Å². The maximum absolute atomic E-state index is 5.88. The summed E-state index contributed by atoms with van der Waals surface area (Å²) in [5.41, 5.74) is 3.25. The van der Waals surface area contributed by atoms with Gasteiger partial charge in [0, 0.05) is 5.56 Å². The Hall–Kier alpha value is -2.33. The van der Waals surface area contributed by atoms with Gasteiger partial charge in [-0.15, -0.1) is 0 Å². The highest BCUT2D eigenvalue weighted by Gasteiger charge is 2.09. The van der Waals surface area contributed by atoms with Crippen molar-refractivity contribution in [1.82, 2.24) is 5.01 Å². The number of morpholine rings is 1. The van der Waals surface area contributed by atoms with Crippen molar-refractivity contribution < 1.29 is 9.47 Å². The second-order valence-corrected chi connectivity index (χ2v) is 5.55. The van der Waals surface area contributed by atoms with Crippen LogP contribution in [0.1, 0.15) is 18.1 Å². The topological polar surface area (TPSA) is 34.1 Å². The zero-order chi connectivity index (χ0) is 15.9. The van der Waals surface area contributed by atoms with Crippen LogP contribution in [0, 0.1) is 0 Å². The summed E-state index contributed by atoms with van der Waals surface area (Å²) in [6.07, 6.45) is 0. The molecule has 0 unspecified atom stereocenters. The molecule has 4 heteroatoms. The van der Waals surface area contributed by atoms with Gasteiger partial charge in [-0.1, -0.05) is 42.5 Å². The number of nitrogens with zero attached hydrogens (tertiary/aromatic N) is 2. The summed E-state index contributed by atoms with van der Waals surface area (Å²) in [5.74, 6) is 0.864. The first-order chi connectivity index (χ1) is 11.3. The third-order valence-corrected chi connectivity index (χ3v) is 3.78. The first kappa shape index (κ1) is 15.6. The second kappa shape index (κ2) is 7.79. The molecule has 0 saturated carbocycles. The molecule has 0 radical (unpaired) electrons. The van der Waals surface area contributed by atoms with E-state index in [-0.39, 0.29) is 0 Å². The Kier molecular flexibility index (Phi) is 5.27. The quantitative estimate of drug-likeness (QED) is 0.795. The third-order valence-electron chi connectivity index (χ3n) is 3.78. The van der Waals surface area contributed by atoms with Crippen LogP contribution in [0.4, 0.5) is 0 Å². The molecule has 0 aromatic heterocycles. The van der Waals surface area contributed by atoms with Crippen molar-refractivity contribution in [3.8, 4) is 5.75 Å². The minimum absolute atomic E-state index is 0.573. The molecule has 2 aromatic rings. The lowest BCUT2D eigenvalue weighted by molar-refractivity contribution is 0.0393. The average Bonchev–Trinajstić information content (AvgIpc) is 2.62. The minimum Gasteiger partial charge on any atom is -0.489 e. The Morgan fingerprint density at radius 1 is 1.09 bits per heavy atom. The molecule has 3 rings (SSSR count). The summed E-state index contributed by atoms with van der Waals surface area (Å²) in [6, 6.07) is 18.3. The fourth-order valence-corrected chi connectivity index (χ4v) is 2.48. The summed E-state index contributed by atoms with van der Waals surface area (Å²) < 4.78 is 11.2. The Bertz CT molecular complexity index is 649. The van der Waals surface area contributed by atoms with E-state index in [2.05, 4.69) is 28.3 Å².